The Hall–Kier alpha value is -3.70. The Bertz CT molecular complexity index is 1570. The van der Waals surface area contributed by atoms with Crippen LogP contribution in [-0.2, 0) is 16.1 Å². The lowest BCUT2D eigenvalue weighted by Crippen LogP contribution is -2.49. The van der Waals surface area contributed by atoms with Crippen molar-refractivity contribution in [1.29, 1.82) is 0 Å². The maximum Gasteiger partial charge on any atom is 0.332 e. The molecule has 0 saturated carbocycles. The number of hydrogen-bond donors (Lipinski definition) is 1. The van der Waals surface area contributed by atoms with E-state index in [-0.39, 0.29) is 12.5 Å². The van der Waals surface area contributed by atoms with Crippen LogP contribution in [0.25, 0.3) is 21.0 Å². The number of aromatic nitrogens is 3. The summed E-state index contributed by atoms with van der Waals surface area (Å²) in [7, 11) is 1.59. The molecule has 38 heavy (non-hydrogen) atoms. The quantitative estimate of drug-likeness (QED) is 0.344. The maximum atomic E-state index is 14.1. The van der Waals surface area contributed by atoms with Gasteiger partial charge in [-0.3, -0.25) is 14.2 Å². The van der Waals surface area contributed by atoms with Gasteiger partial charge in [-0.1, -0.05) is 25.1 Å². The number of thiophene rings is 1. The van der Waals surface area contributed by atoms with Crippen LogP contribution in [0.2, 0.25) is 0 Å². The van der Waals surface area contributed by atoms with Crippen molar-refractivity contribution < 1.29 is 18.7 Å². The highest BCUT2D eigenvalue weighted by Crippen LogP contribution is 2.37. The first kappa shape index (κ1) is 25.9. The van der Waals surface area contributed by atoms with Gasteiger partial charge in [-0.2, -0.15) is 0 Å². The number of hydrogen-bond acceptors (Lipinski definition) is 8. The number of para-hydroxylation sites is 1. The number of piperidine rings is 1. The molecule has 3 aromatic heterocycles. The topological polar surface area (TPSA) is 118 Å². The van der Waals surface area contributed by atoms with Gasteiger partial charge in [0, 0.05) is 18.7 Å². The molecular formula is C27H30N4O6S. The number of nitrogens with one attached hydrogen (secondary N) is 1. The number of methoxy groups -OCH3 is 1. The van der Waals surface area contributed by atoms with Gasteiger partial charge in [0.2, 0.25) is 11.8 Å². The van der Waals surface area contributed by atoms with Gasteiger partial charge in [0.05, 0.1) is 30.1 Å². The average Bonchev–Trinajstić information content (AvgIpc) is 3.57. The second-order valence-corrected chi connectivity index (χ2v) is 10.2. The first-order valence-corrected chi connectivity index (χ1v) is 13.5. The molecule has 1 aliphatic heterocycles. The third-order valence-corrected chi connectivity index (χ3v) is 8.10. The van der Waals surface area contributed by atoms with E-state index in [0.717, 1.165) is 16.6 Å². The number of ether oxygens (including phenoxy) is 2. The molecule has 0 aliphatic carbocycles. The molecule has 5 rings (SSSR count). The summed E-state index contributed by atoms with van der Waals surface area (Å²) >= 11 is 1.27. The summed E-state index contributed by atoms with van der Waals surface area (Å²) in [6.07, 6.45) is 4.33. The molecule has 0 bridgehead atoms. The maximum absolute atomic E-state index is 14.1. The third-order valence-electron chi connectivity index (χ3n) is 6.79. The van der Waals surface area contributed by atoms with E-state index in [0.29, 0.717) is 58.3 Å². The number of aryl methyl sites for hydroxylation is 1. The van der Waals surface area contributed by atoms with Crippen LogP contribution < -0.4 is 21.3 Å². The zero-order valence-corrected chi connectivity index (χ0v) is 22.4. The van der Waals surface area contributed by atoms with Crippen molar-refractivity contribution in [1.82, 2.24) is 19.4 Å². The SMILES string of the molecule is CCCO[C@@H](Cn1c(=O)n([C@H]2CCCNC2=O)c(=O)c2c(C)c(-c3ncco3)sc21)c1ccccc1OC. The van der Waals surface area contributed by atoms with E-state index in [4.69, 9.17) is 13.9 Å². The van der Waals surface area contributed by atoms with E-state index in [1.54, 1.807) is 11.7 Å². The van der Waals surface area contributed by atoms with Gasteiger partial charge in [-0.05, 0) is 37.8 Å². The molecule has 4 heterocycles. The van der Waals surface area contributed by atoms with Gasteiger partial charge in [0.15, 0.2) is 0 Å². The molecule has 11 heteroatoms. The van der Waals surface area contributed by atoms with Crippen molar-refractivity contribution in [2.75, 3.05) is 20.3 Å². The van der Waals surface area contributed by atoms with Crippen LogP contribution in [0.3, 0.4) is 0 Å². The summed E-state index contributed by atoms with van der Waals surface area (Å²) < 4.78 is 20.0. The van der Waals surface area contributed by atoms with Crippen LogP contribution in [0.15, 0.2) is 50.7 Å². The van der Waals surface area contributed by atoms with Crippen molar-refractivity contribution in [2.45, 2.75) is 51.8 Å². The van der Waals surface area contributed by atoms with E-state index in [1.165, 1.54) is 23.8 Å². The molecule has 1 aliphatic rings. The van der Waals surface area contributed by atoms with Crippen molar-refractivity contribution in [2.24, 2.45) is 0 Å². The number of nitrogens with zero attached hydrogens (tertiary/aromatic N) is 3. The first-order chi connectivity index (χ1) is 18.5. The number of amides is 1. The van der Waals surface area contributed by atoms with Crippen LogP contribution in [0.5, 0.6) is 5.75 Å². The minimum absolute atomic E-state index is 0.120. The number of benzene rings is 1. The van der Waals surface area contributed by atoms with Gasteiger partial charge >= 0.3 is 5.69 Å². The van der Waals surface area contributed by atoms with Crippen molar-refractivity contribution in [3.63, 3.8) is 0 Å². The Morgan fingerprint density at radius 1 is 1.26 bits per heavy atom. The lowest BCUT2D eigenvalue weighted by Gasteiger charge is -2.26. The van der Waals surface area contributed by atoms with Crippen molar-refractivity contribution in [3.05, 3.63) is 68.7 Å². The molecule has 2 atom stereocenters. The molecule has 200 valence electrons. The zero-order chi connectivity index (χ0) is 26.8. The molecule has 10 nitrogen and oxygen atoms in total. The summed E-state index contributed by atoms with van der Waals surface area (Å²) in [6.45, 7) is 4.93. The number of oxazole rings is 1. The lowest BCUT2D eigenvalue weighted by molar-refractivity contribution is -0.126. The van der Waals surface area contributed by atoms with E-state index in [1.807, 2.05) is 38.1 Å². The third kappa shape index (κ3) is 4.56. The van der Waals surface area contributed by atoms with E-state index < -0.39 is 23.4 Å². The van der Waals surface area contributed by atoms with Gasteiger partial charge in [-0.15, -0.1) is 11.3 Å². The number of fused-ring (bicyclic) bond motifs is 1. The van der Waals surface area contributed by atoms with Gasteiger partial charge < -0.3 is 19.2 Å². The number of rotatable bonds is 9. The van der Waals surface area contributed by atoms with Crippen LogP contribution in [0, 0.1) is 6.92 Å². The zero-order valence-electron chi connectivity index (χ0n) is 21.6. The summed E-state index contributed by atoms with van der Waals surface area (Å²) in [4.78, 5) is 46.1. The fourth-order valence-corrected chi connectivity index (χ4v) is 6.18. The Balaban J connectivity index is 1.75. The second-order valence-electron chi connectivity index (χ2n) is 9.19. The number of carbonyl (C=O) groups excluding carboxylic acids is 1. The first-order valence-electron chi connectivity index (χ1n) is 12.7. The van der Waals surface area contributed by atoms with Crippen LogP contribution >= 0.6 is 11.3 Å². The highest BCUT2D eigenvalue weighted by Gasteiger charge is 2.31. The highest BCUT2D eigenvalue weighted by atomic mass is 32.1. The Labute approximate surface area is 222 Å². The van der Waals surface area contributed by atoms with Gasteiger partial charge in [-0.25, -0.2) is 14.3 Å². The smallest absolute Gasteiger partial charge is 0.332 e. The molecule has 1 N–H and O–H groups in total. The summed E-state index contributed by atoms with van der Waals surface area (Å²) in [6, 6.07) is 6.63. The minimum atomic E-state index is -0.884. The molecule has 1 amide bonds. The molecule has 1 aromatic carbocycles. The summed E-state index contributed by atoms with van der Waals surface area (Å²) in [5, 5.41) is 3.16. The Morgan fingerprint density at radius 3 is 2.79 bits per heavy atom. The lowest BCUT2D eigenvalue weighted by atomic mass is 10.1. The minimum Gasteiger partial charge on any atom is -0.496 e. The van der Waals surface area contributed by atoms with Gasteiger partial charge in [0.25, 0.3) is 5.56 Å². The van der Waals surface area contributed by atoms with Crippen molar-refractivity contribution >= 4 is 27.5 Å². The monoisotopic (exact) mass is 538 g/mol. The summed E-state index contributed by atoms with van der Waals surface area (Å²) in [5.74, 6) is 0.680. The molecule has 0 unspecified atom stereocenters. The van der Waals surface area contributed by atoms with E-state index in [9.17, 15) is 14.4 Å². The Kier molecular flexibility index (Phi) is 7.48. The van der Waals surface area contributed by atoms with E-state index in [2.05, 4.69) is 10.3 Å². The summed E-state index contributed by atoms with van der Waals surface area (Å²) in [5.41, 5.74) is 0.403. The molecule has 0 radical (unpaired) electrons. The molecule has 1 saturated heterocycles. The average molecular weight is 539 g/mol. The fourth-order valence-electron chi connectivity index (χ4n) is 4.94. The largest absolute Gasteiger partial charge is 0.496 e. The Morgan fingerprint density at radius 2 is 2.08 bits per heavy atom. The molecule has 0 spiro atoms. The van der Waals surface area contributed by atoms with E-state index >= 15 is 0 Å². The standard InChI is InChI=1S/C27H30N4O6S/c1-4-13-36-20(17-8-5-6-10-19(17)35-3)15-30-26-21(16(2)22(38-26)24-29-12-14-37-24)25(33)31(27(30)34)18-9-7-11-28-23(18)32/h5-6,8,10,12,14,18,20H,4,7,9,11,13,15H2,1-3H3,(H,28,32)/t18-,20-/m0/s1. The molecule has 1 fully saturated rings. The second kappa shape index (κ2) is 11.0. The normalized spacial score (nSPS) is 16.5. The predicted molar refractivity (Wildman–Crippen MR) is 144 cm³/mol. The van der Waals surface area contributed by atoms with Crippen molar-refractivity contribution in [3.8, 4) is 16.5 Å². The number of carbonyl (C=O) groups is 1. The van der Waals surface area contributed by atoms with Crippen LogP contribution in [0.4, 0.5) is 0 Å². The molecule has 4 aromatic rings. The van der Waals surface area contributed by atoms with Crippen LogP contribution in [-0.4, -0.2) is 40.3 Å². The highest BCUT2D eigenvalue weighted by molar-refractivity contribution is 7.22. The van der Waals surface area contributed by atoms with Gasteiger partial charge in [0.1, 0.15) is 29.0 Å². The van der Waals surface area contributed by atoms with Crippen LogP contribution in [0.1, 0.15) is 49.5 Å². The fraction of sp³-hybridized carbons (Fsp3) is 0.407. The molecular weight excluding hydrogens is 508 g/mol. The predicted octanol–water partition coefficient (Wildman–Crippen LogP) is 3.82.